The number of guanidine groups is 1. The molecule has 156 valence electrons. The molecule has 0 radical (unpaired) electrons. The first-order valence-electron chi connectivity index (χ1n) is 9.79. The van der Waals surface area contributed by atoms with E-state index in [1.807, 2.05) is 30.3 Å². The van der Waals surface area contributed by atoms with Gasteiger partial charge in [0.25, 0.3) is 0 Å². The highest BCUT2D eigenvalue weighted by atomic mass is 127. The van der Waals surface area contributed by atoms with Crippen molar-refractivity contribution in [1.82, 2.24) is 15.6 Å². The minimum Gasteiger partial charge on any atom is -0.457 e. The van der Waals surface area contributed by atoms with Crippen LogP contribution in [0, 0.1) is 5.92 Å². The third-order valence-electron chi connectivity index (χ3n) is 4.63. The summed E-state index contributed by atoms with van der Waals surface area (Å²) in [5.74, 6) is 3.24. The molecule has 8 heteroatoms. The molecular formula is C21H27IN4O2S. The standard InChI is InChI=1S/C21H26N4O2S.HI/c1-22-21(23-11-4-12-26-14-15-7-8-15)24-13-16-9-10-18(27-16)20-25-17-5-2-3-6-19(17)28-20;/h2-3,5-6,9-10,15H,4,7-8,11-14H2,1H3,(H2,22,23,24);1H. The summed E-state index contributed by atoms with van der Waals surface area (Å²) >= 11 is 1.64. The summed E-state index contributed by atoms with van der Waals surface area (Å²) in [6.45, 7) is 3.12. The zero-order chi connectivity index (χ0) is 19.2. The zero-order valence-electron chi connectivity index (χ0n) is 16.5. The Morgan fingerprint density at radius 2 is 2.10 bits per heavy atom. The Labute approximate surface area is 192 Å². The van der Waals surface area contributed by atoms with Crippen molar-refractivity contribution in [2.45, 2.75) is 25.8 Å². The maximum atomic E-state index is 5.96. The molecular weight excluding hydrogens is 499 g/mol. The first kappa shape index (κ1) is 22.0. The van der Waals surface area contributed by atoms with E-state index in [1.165, 1.54) is 17.5 Å². The highest BCUT2D eigenvalue weighted by Crippen LogP contribution is 2.31. The number of nitrogens with zero attached hydrogens (tertiary/aromatic N) is 2. The SMILES string of the molecule is CN=C(NCCCOCC1CC1)NCc1ccc(-c2nc3ccccc3s2)o1.I. The molecule has 1 saturated carbocycles. The lowest BCUT2D eigenvalue weighted by Crippen LogP contribution is -2.37. The second kappa shape index (κ2) is 10.9. The molecule has 1 aliphatic rings. The average molecular weight is 526 g/mol. The Bertz CT molecular complexity index is 903. The molecule has 2 aromatic heterocycles. The topological polar surface area (TPSA) is 71.7 Å². The molecule has 0 saturated heterocycles. The van der Waals surface area contributed by atoms with E-state index in [4.69, 9.17) is 9.15 Å². The minimum atomic E-state index is 0. The van der Waals surface area contributed by atoms with Crippen molar-refractivity contribution >= 4 is 51.5 Å². The summed E-state index contributed by atoms with van der Waals surface area (Å²) in [6, 6.07) is 12.1. The number of aliphatic imine (C=N–C) groups is 1. The number of halogens is 1. The van der Waals surface area contributed by atoms with Gasteiger partial charge in [0, 0.05) is 26.8 Å². The number of aromatic nitrogens is 1. The number of rotatable bonds is 9. The maximum absolute atomic E-state index is 5.96. The van der Waals surface area contributed by atoms with Crippen molar-refractivity contribution < 1.29 is 9.15 Å². The monoisotopic (exact) mass is 526 g/mol. The van der Waals surface area contributed by atoms with E-state index in [1.54, 1.807) is 18.4 Å². The maximum Gasteiger partial charge on any atom is 0.191 e. The van der Waals surface area contributed by atoms with Gasteiger partial charge in [-0.25, -0.2) is 4.98 Å². The molecule has 2 N–H and O–H groups in total. The van der Waals surface area contributed by atoms with Gasteiger partial charge >= 0.3 is 0 Å². The fourth-order valence-electron chi connectivity index (χ4n) is 2.87. The van der Waals surface area contributed by atoms with Crippen LogP contribution in [-0.4, -0.2) is 37.7 Å². The third-order valence-corrected chi connectivity index (χ3v) is 5.68. The van der Waals surface area contributed by atoms with Gasteiger partial charge < -0.3 is 19.8 Å². The van der Waals surface area contributed by atoms with E-state index in [0.717, 1.165) is 60.1 Å². The van der Waals surface area contributed by atoms with Crippen LogP contribution in [0.5, 0.6) is 0 Å². The lowest BCUT2D eigenvalue weighted by molar-refractivity contribution is 0.123. The molecule has 4 rings (SSSR count). The number of fused-ring (bicyclic) bond motifs is 1. The largest absolute Gasteiger partial charge is 0.457 e. The number of hydrogen-bond donors (Lipinski definition) is 2. The highest BCUT2D eigenvalue weighted by Gasteiger charge is 2.20. The molecule has 1 fully saturated rings. The minimum absolute atomic E-state index is 0. The first-order chi connectivity index (χ1) is 13.8. The van der Waals surface area contributed by atoms with Gasteiger partial charge in [0.2, 0.25) is 0 Å². The molecule has 1 aliphatic carbocycles. The molecule has 3 aromatic rings. The Morgan fingerprint density at radius 3 is 2.90 bits per heavy atom. The average Bonchev–Trinajstić information content (AvgIpc) is 3.25. The fourth-order valence-corrected chi connectivity index (χ4v) is 3.80. The molecule has 6 nitrogen and oxygen atoms in total. The van der Waals surface area contributed by atoms with Gasteiger partial charge in [0.1, 0.15) is 5.76 Å². The molecule has 1 aromatic carbocycles. The van der Waals surface area contributed by atoms with Gasteiger partial charge in [0.15, 0.2) is 16.7 Å². The van der Waals surface area contributed by atoms with Crippen molar-refractivity contribution in [3.63, 3.8) is 0 Å². The van der Waals surface area contributed by atoms with Crippen LogP contribution in [-0.2, 0) is 11.3 Å². The Balaban J connectivity index is 0.00000240. The van der Waals surface area contributed by atoms with Crippen molar-refractivity contribution in [1.29, 1.82) is 0 Å². The third kappa shape index (κ3) is 6.42. The van der Waals surface area contributed by atoms with Crippen molar-refractivity contribution in [2.75, 3.05) is 26.8 Å². The van der Waals surface area contributed by atoms with Crippen LogP contribution in [0.4, 0.5) is 0 Å². The van der Waals surface area contributed by atoms with E-state index in [2.05, 4.69) is 26.7 Å². The van der Waals surface area contributed by atoms with Gasteiger partial charge in [-0.2, -0.15) is 0 Å². The fraction of sp³-hybridized carbons (Fsp3) is 0.429. The molecule has 2 heterocycles. The molecule has 0 unspecified atom stereocenters. The summed E-state index contributed by atoms with van der Waals surface area (Å²) in [5, 5.41) is 7.49. The predicted octanol–water partition coefficient (Wildman–Crippen LogP) is 4.66. The molecule has 29 heavy (non-hydrogen) atoms. The summed E-state index contributed by atoms with van der Waals surface area (Å²) in [5.41, 5.74) is 1.00. The van der Waals surface area contributed by atoms with Crippen molar-refractivity contribution in [2.24, 2.45) is 10.9 Å². The molecule has 0 atom stereocenters. The quantitative estimate of drug-likeness (QED) is 0.184. The summed E-state index contributed by atoms with van der Waals surface area (Å²) in [6.07, 6.45) is 3.64. The number of nitrogens with one attached hydrogen (secondary N) is 2. The Morgan fingerprint density at radius 1 is 1.24 bits per heavy atom. The van der Waals surface area contributed by atoms with Crippen LogP contribution in [0.25, 0.3) is 21.0 Å². The van der Waals surface area contributed by atoms with Crippen LogP contribution in [0.1, 0.15) is 25.0 Å². The highest BCUT2D eigenvalue weighted by molar-refractivity contribution is 14.0. The van der Waals surface area contributed by atoms with E-state index in [0.29, 0.717) is 6.54 Å². The predicted molar refractivity (Wildman–Crippen MR) is 129 cm³/mol. The first-order valence-corrected chi connectivity index (χ1v) is 10.6. The van der Waals surface area contributed by atoms with E-state index >= 15 is 0 Å². The molecule has 0 bridgehead atoms. The normalized spacial score (nSPS) is 14.0. The van der Waals surface area contributed by atoms with Crippen molar-refractivity contribution in [3.05, 3.63) is 42.2 Å². The Hall–Kier alpha value is -1.65. The van der Waals surface area contributed by atoms with Crippen LogP contribution < -0.4 is 10.6 Å². The van der Waals surface area contributed by atoms with Crippen LogP contribution in [0.15, 0.2) is 45.8 Å². The molecule has 0 aliphatic heterocycles. The lowest BCUT2D eigenvalue weighted by atomic mass is 10.3. The van der Waals surface area contributed by atoms with Crippen LogP contribution in [0.3, 0.4) is 0 Å². The number of hydrogen-bond acceptors (Lipinski definition) is 5. The van der Waals surface area contributed by atoms with E-state index in [-0.39, 0.29) is 24.0 Å². The number of ether oxygens (including phenoxy) is 1. The number of furan rings is 1. The lowest BCUT2D eigenvalue weighted by Gasteiger charge is -2.11. The van der Waals surface area contributed by atoms with Gasteiger partial charge in [-0.15, -0.1) is 35.3 Å². The van der Waals surface area contributed by atoms with Gasteiger partial charge in [-0.05, 0) is 49.4 Å². The van der Waals surface area contributed by atoms with Gasteiger partial charge in [-0.3, -0.25) is 4.99 Å². The molecule has 0 amide bonds. The number of para-hydroxylation sites is 1. The van der Waals surface area contributed by atoms with E-state index in [9.17, 15) is 0 Å². The van der Waals surface area contributed by atoms with Gasteiger partial charge in [0.05, 0.1) is 16.8 Å². The smallest absolute Gasteiger partial charge is 0.191 e. The van der Waals surface area contributed by atoms with Crippen LogP contribution >= 0.6 is 35.3 Å². The number of benzene rings is 1. The molecule has 0 spiro atoms. The number of thiazole rings is 1. The Kier molecular flexibility index (Phi) is 8.31. The second-order valence-electron chi connectivity index (χ2n) is 6.98. The van der Waals surface area contributed by atoms with Gasteiger partial charge in [-0.1, -0.05) is 12.1 Å². The summed E-state index contributed by atoms with van der Waals surface area (Å²) in [7, 11) is 1.77. The zero-order valence-corrected chi connectivity index (χ0v) is 19.7. The van der Waals surface area contributed by atoms with Crippen LogP contribution in [0.2, 0.25) is 0 Å². The summed E-state index contributed by atoms with van der Waals surface area (Å²) in [4.78, 5) is 8.90. The van der Waals surface area contributed by atoms with Crippen molar-refractivity contribution in [3.8, 4) is 10.8 Å². The second-order valence-corrected chi connectivity index (χ2v) is 8.01. The summed E-state index contributed by atoms with van der Waals surface area (Å²) < 4.78 is 12.8. The van der Waals surface area contributed by atoms with E-state index < -0.39 is 0 Å².